The van der Waals surface area contributed by atoms with Crippen LogP contribution in [0.5, 0.6) is 0 Å². The lowest BCUT2D eigenvalue weighted by Gasteiger charge is -2.04. The zero-order valence-corrected chi connectivity index (χ0v) is 7.43. The molecule has 0 bridgehead atoms. The summed E-state index contributed by atoms with van der Waals surface area (Å²) < 4.78 is 0. The van der Waals surface area contributed by atoms with Crippen LogP contribution in [0, 0.1) is 0 Å². The van der Waals surface area contributed by atoms with Crippen LogP contribution < -0.4 is 0 Å². The molecule has 1 aliphatic rings. The van der Waals surface area contributed by atoms with E-state index in [1.807, 2.05) is 12.1 Å². The quantitative estimate of drug-likeness (QED) is 0.599. The molecule has 1 aromatic carbocycles. The van der Waals surface area contributed by atoms with Gasteiger partial charge in [-0.3, -0.25) is 4.79 Å². The van der Waals surface area contributed by atoms with E-state index in [1.165, 1.54) is 0 Å². The molecule has 0 aromatic heterocycles. The van der Waals surface area contributed by atoms with Crippen LogP contribution in [0.15, 0.2) is 18.2 Å². The van der Waals surface area contributed by atoms with Gasteiger partial charge in [-0.1, -0.05) is 17.7 Å². The molecule has 1 amide bonds. The number of fused-ring (bicyclic) bond motifs is 1. The second-order valence-electron chi connectivity index (χ2n) is 2.96. The van der Waals surface area contributed by atoms with Gasteiger partial charge in [0.15, 0.2) is 0 Å². The van der Waals surface area contributed by atoms with E-state index in [-0.39, 0.29) is 5.91 Å². The molecule has 0 spiro atoms. The fourth-order valence-electron chi connectivity index (χ4n) is 1.42. The van der Waals surface area contributed by atoms with Crippen LogP contribution in [0.3, 0.4) is 0 Å². The van der Waals surface area contributed by atoms with Crippen LogP contribution in [0.25, 0.3) is 0 Å². The molecule has 0 atom stereocenters. The number of carbonyl (C=O) groups is 1. The van der Waals surface area contributed by atoms with Crippen LogP contribution in [-0.4, -0.2) is 17.9 Å². The number of amides is 1. The van der Waals surface area contributed by atoms with E-state index in [0.29, 0.717) is 11.6 Å². The summed E-state index contributed by atoms with van der Waals surface area (Å²) in [5.74, 6) is 0.0625. The van der Waals surface area contributed by atoms with Gasteiger partial charge in [0.1, 0.15) is 0 Å². The highest BCUT2D eigenvalue weighted by Gasteiger charge is 2.23. The van der Waals surface area contributed by atoms with Crippen molar-refractivity contribution >= 4 is 17.5 Å². The average Bonchev–Trinajstić information content (AvgIpc) is 2.31. The number of hydrogen-bond acceptors (Lipinski definition) is 1. The highest BCUT2D eigenvalue weighted by atomic mass is 35.5. The number of rotatable bonds is 0. The van der Waals surface area contributed by atoms with Gasteiger partial charge in [-0.05, 0) is 17.7 Å². The molecule has 0 fully saturated rings. The monoisotopic (exact) mass is 181 g/mol. The van der Waals surface area contributed by atoms with Gasteiger partial charge in [0, 0.05) is 24.2 Å². The number of nitrogens with zero attached hydrogens (tertiary/aromatic N) is 1. The predicted molar refractivity (Wildman–Crippen MR) is 47.2 cm³/mol. The van der Waals surface area contributed by atoms with E-state index in [0.717, 1.165) is 11.1 Å². The molecule has 1 aromatic rings. The Morgan fingerprint density at radius 3 is 3.00 bits per heavy atom. The molecule has 2 rings (SSSR count). The van der Waals surface area contributed by atoms with Crippen LogP contribution in [-0.2, 0) is 6.54 Å². The summed E-state index contributed by atoms with van der Waals surface area (Å²) in [6, 6.07) is 5.44. The first-order valence-corrected chi connectivity index (χ1v) is 4.10. The van der Waals surface area contributed by atoms with Gasteiger partial charge in [-0.15, -0.1) is 0 Å². The van der Waals surface area contributed by atoms with E-state index in [1.54, 1.807) is 18.0 Å². The lowest BCUT2D eigenvalue weighted by molar-refractivity contribution is 0.0816. The molecular formula is C9H8ClNO. The van der Waals surface area contributed by atoms with Crippen LogP contribution in [0.2, 0.25) is 5.02 Å². The van der Waals surface area contributed by atoms with Crippen molar-refractivity contribution in [3.8, 4) is 0 Å². The summed E-state index contributed by atoms with van der Waals surface area (Å²) in [5.41, 5.74) is 1.80. The topological polar surface area (TPSA) is 20.3 Å². The standard InChI is InChI=1S/C9H8ClNO/c1-11-5-6-2-3-7(10)4-8(6)9(11)12/h2-4H,5H2,1H3. The molecule has 1 heterocycles. The molecule has 0 saturated carbocycles. The maximum Gasteiger partial charge on any atom is 0.254 e. The predicted octanol–water partition coefficient (Wildman–Crippen LogP) is 1.93. The number of benzene rings is 1. The molecule has 1 aliphatic heterocycles. The summed E-state index contributed by atoms with van der Waals surface area (Å²) in [4.78, 5) is 13.1. The summed E-state index contributed by atoms with van der Waals surface area (Å²) in [5, 5.41) is 0.623. The first kappa shape index (κ1) is 7.62. The van der Waals surface area contributed by atoms with Crippen LogP contribution >= 0.6 is 11.6 Å². The summed E-state index contributed by atoms with van der Waals surface area (Å²) in [6.45, 7) is 0.700. The van der Waals surface area contributed by atoms with Gasteiger partial charge in [0.25, 0.3) is 5.91 Å². The third kappa shape index (κ3) is 0.994. The van der Waals surface area contributed by atoms with Crippen molar-refractivity contribution in [3.63, 3.8) is 0 Å². The molecule has 0 aliphatic carbocycles. The molecule has 62 valence electrons. The second-order valence-corrected chi connectivity index (χ2v) is 3.40. The Balaban J connectivity index is 2.56. The minimum absolute atomic E-state index is 0.0625. The third-order valence-electron chi connectivity index (χ3n) is 2.06. The zero-order chi connectivity index (χ0) is 8.72. The summed E-state index contributed by atoms with van der Waals surface area (Å²) >= 11 is 5.77. The fourth-order valence-corrected chi connectivity index (χ4v) is 1.59. The van der Waals surface area contributed by atoms with E-state index in [2.05, 4.69) is 0 Å². The first-order valence-electron chi connectivity index (χ1n) is 3.72. The van der Waals surface area contributed by atoms with Crippen molar-refractivity contribution in [1.82, 2.24) is 4.90 Å². The van der Waals surface area contributed by atoms with Crippen LogP contribution in [0.1, 0.15) is 15.9 Å². The Hall–Kier alpha value is -1.02. The molecule has 0 N–H and O–H groups in total. The van der Waals surface area contributed by atoms with Crippen molar-refractivity contribution in [2.45, 2.75) is 6.54 Å². The lowest BCUT2D eigenvalue weighted by Crippen LogP contribution is -2.17. The fraction of sp³-hybridized carbons (Fsp3) is 0.222. The Kier molecular flexibility index (Phi) is 1.58. The maximum absolute atomic E-state index is 11.4. The highest BCUT2D eigenvalue weighted by Crippen LogP contribution is 2.24. The average molecular weight is 182 g/mol. The minimum Gasteiger partial charge on any atom is -0.337 e. The first-order chi connectivity index (χ1) is 5.68. The van der Waals surface area contributed by atoms with Gasteiger partial charge in [0.05, 0.1) is 0 Å². The Labute approximate surface area is 75.7 Å². The molecule has 12 heavy (non-hydrogen) atoms. The van der Waals surface area contributed by atoms with E-state index < -0.39 is 0 Å². The van der Waals surface area contributed by atoms with Crippen molar-refractivity contribution in [1.29, 1.82) is 0 Å². The molecule has 0 saturated heterocycles. The SMILES string of the molecule is CN1Cc2ccc(Cl)cc2C1=O. The normalized spacial score (nSPS) is 15.2. The Morgan fingerprint density at radius 2 is 2.25 bits per heavy atom. The van der Waals surface area contributed by atoms with Gasteiger partial charge < -0.3 is 4.90 Å². The largest absolute Gasteiger partial charge is 0.337 e. The lowest BCUT2D eigenvalue weighted by atomic mass is 10.1. The van der Waals surface area contributed by atoms with Crippen molar-refractivity contribution in [2.24, 2.45) is 0 Å². The second kappa shape index (κ2) is 2.49. The molecule has 0 unspecified atom stereocenters. The van der Waals surface area contributed by atoms with Crippen molar-refractivity contribution < 1.29 is 4.79 Å². The van der Waals surface area contributed by atoms with Gasteiger partial charge in [-0.2, -0.15) is 0 Å². The molecule has 0 radical (unpaired) electrons. The van der Waals surface area contributed by atoms with Crippen LogP contribution in [0.4, 0.5) is 0 Å². The third-order valence-corrected chi connectivity index (χ3v) is 2.29. The number of carbonyl (C=O) groups excluding carboxylic acids is 1. The Morgan fingerprint density at radius 1 is 1.50 bits per heavy atom. The molecule has 2 nitrogen and oxygen atoms in total. The minimum atomic E-state index is 0.0625. The van der Waals surface area contributed by atoms with E-state index in [4.69, 9.17) is 11.6 Å². The van der Waals surface area contributed by atoms with E-state index >= 15 is 0 Å². The smallest absolute Gasteiger partial charge is 0.254 e. The van der Waals surface area contributed by atoms with E-state index in [9.17, 15) is 4.79 Å². The van der Waals surface area contributed by atoms with Crippen molar-refractivity contribution in [2.75, 3.05) is 7.05 Å². The number of halogens is 1. The summed E-state index contributed by atoms with van der Waals surface area (Å²) in [6.07, 6.45) is 0. The maximum atomic E-state index is 11.4. The van der Waals surface area contributed by atoms with Gasteiger partial charge >= 0.3 is 0 Å². The van der Waals surface area contributed by atoms with Crippen molar-refractivity contribution in [3.05, 3.63) is 34.3 Å². The summed E-state index contributed by atoms with van der Waals surface area (Å²) in [7, 11) is 1.79. The molecular weight excluding hydrogens is 174 g/mol. The number of hydrogen-bond donors (Lipinski definition) is 0. The highest BCUT2D eigenvalue weighted by molar-refractivity contribution is 6.31. The molecule has 3 heteroatoms. The van der Waals surface area contributed by atoms with Gasteiger partial charge in [0.2, 0.25) is 0 Å². The van der Waals surface area contributed by atoms with Gasteiger partial charge in [-0.25, -0.2) is 0 Å². The zero-order valence-electron chi connectivity index (χ0n) is 6.67. The Bertz CT molecular complexity index is 348.